The number of rotatable bonds is 10. The van der Waals surface area contributed by atoms with E-state index in [4.69, 9.17) is 16.9 Å². The normalized spacial score (nSPS) is 27.4. The molecule has 1 heterocycles. The van der Waals surface area contributed by atoms with Crippen LogP contribution in [-0.4, -0.2) is 57.9 Å². The Morgan fingerprint density at radius 2 is 1.91 bits per heavy atom. The predicted molar refractivity (Wildman–Crippen MR) is 119 cm³/mol. The third-order valence-corrected chi connectivity index (χ3v) is 7.00. The Kier molecular flexibility index (Phi) is 6.71. The second kappa shape index (κ2) is 8.99. The quantitative estimate of drug-likeness (QED) is 0.205. The highest BCUT2D eigenvalue weighted by Crippen LogP contribution is 2.59. The lowest BCUT2D eigenvalue weighted by Gasteiger charge is -2.46. The first kappa shape index (κ1) is 23.9. The molecule has 4 atom stereocenters. The van der Waals surface area contributed by atoms with Crippen LogP contribution in [0.1, 0.15) is 50.7 Å². The van der Waals surface area contributed by atoms with Crippen LogP contribution in [0.2, 0.25) is 0 Å². The number of carboxylic acids is 1. The van der Waals surface area contributed by atoms with E-state index >= 15 is 0 Å². The summed E-state index contributed by atoms with van der Waals surface area (Å²) in [6.07, 6.45) is 2.70. The molecule has 2 amide bonds. The summed E-state index contributed by atoms with van der Waals surface area (Å²) in [6, 6.07) is 6.42. The van der Waals surface area contributed by atoms with Crippen molar-refractivity contribution >= 4 is 23.6 Å². The van der Waals surface area contributed by atoms with E-state index in [9.17, 15) is 19.5 Å². The number of nitrogen functional groups attached to an aromatic ring is 1. The Bertz CT molecular complexity index is 915. The molecule has 1 aliphatic carbocycles. The Labute approximate surface area is 188 Å². The number of aliphatic carboxylic acids is 1. The van der Waals surface area contributed by atoms with Gasteiger partial charge in [-0.3, -0.25) is 20.3 Å². The van der Waals surface area contributed by atoms with Crippen LogP contribution in [0.25, 0.3) is 0 Å². The smallest absolute Gasteiger partial charge is 0.331 e. The molecule has 7 N–H and O–H groups in total. The maximum Gasteiger partial charge on any atom is 0.331 e. The second-order valence-electron chi connectivity index (χ2n) is 9.59. The van der Waals surface area contributed by atoms with Crippen molar-refractivity contribution < 1.29 is 24.0 Å². The van der Waals surface area contributed by atoms with Crippen molar-refractivity contribution in [2.45, 2.75) is 57.7 Å². The molecule has 174 valence electrons. The Morgan fingerprint density at radius 3 is 2.44 bits per heavy atom. The van der Waals surface area contributed by atoms with Gasteiger partial charge in [0.1, 0.15) is 18.4 Å². The number of fused-ring (bicyclic) bond motifs is 1. The van der Waals surface area contributed by atoms with Gasteiger partial charge in [0.15, 0.2) is 5.54 Å². The van der Waals surface area contributed by atoms with E-state index in [0.29, 0.717) is 31.5 Å². The monoisotopic (exact) mass is 444 g/mol. The molecule has 0 aromatic heterocycles. The van der Waals surface area contributed by atoms with Gasteiger partial charge in [-0.2, -0.15) is 0 Å². The average molecular weight is 445 g/mol. The molecule has 9 heteroatoms. The summed E-state index contributed by atoms with van der Waals surface area (Å²) in [5.41, 5.74) is 12.0. The van der Waals surface area contributed by atoms with Crippen LogP contribution in [0.3, 0.4) is 0 Å². The van der Waals surface area contributed by atoms with Crippen molar-refractivity contribution in [3.8, 4) is 0 Å². The summed E-state index contributed by atoms with van der Waals surface area (Å²) in [5.74, 6) is -1.49. The molecule has 3 rings (SSSR count). The molecule has 2 aliphatic rings. The number of likely N-dealkylation sites (tertiary alicyclic amines) is 1. The zero-order valence-corrected chi connectivity index (χ0v) is 18.8. The van der Waals surface area contributed by atoms with E-state index in [-0.39, 0.29) is 34.6 Å². The van der Waals surface area contributed by atoms with Gasteiger partial charge in [0.05, 0.1) is 13.1 Å². The van der Waals surface area contributed by atoms with Gasteiger partial charge < -0.3 is 16.6 Å². The van der Waals surface area contributed by atoms with Gasteiger partial charge in [-0.05, 0) is 25.2 Å². The number of benzene rings is 1. The Hall–Kier alpha value is -2.78. The lowest BCUT2D eigenvalue weighted by atomic mass is 9.91. The Balaban J connectivity index is 2.03. The zero-order valence-electron chi connectivity index (χ0n) is 18.8. The van der Waals surface area contributed by atoms with Gasteiger partial charge in [-0.1, -0.05) is 38.1 Å². The fourth-order valence-electron chi connectivity index (χ4n) is 5.46. The fraction of sp³-hybridized carbons (Fsp3) is 0.565. The lowest BCUT2D eigenvalue weighted by molar-refractivity contribution is -0.900. The predicted octanol–water partition coefficient (Wildman–Crippen LogP) is 0.941. The minimum absolute atomic E-state index is 0.0415. The lowest BCUT2D eigenvalue weighted by Crippen LogP contribution is -2.71. The van der Waals surface area contributed by atoms with Crippen molar-refractivity contribution in [2.24, 2.45) is 23.3 Å². The number of amides is 2. The number of hydrogen-bond acceptors (Lipinski definition) is 5. The number of primary amides is 1. The van der Waals surface area contributed by atoms with Gasteiger partial charge in [-0.25, -0.2) is 9.28 Å². The number of carboxylic acid groups (broad SMARTS) is 1. The molecule has 1 saturated carbocycles. The Morgan fingerprint density at radius 1 is 1.25 bits per heavy atom. The molecule has 2 fully saturated rings. The summed E-state index contributed by atoms with van der Waals surface area (Å²) in [5, 5.41) is 19.7. The average Bonchev–Trinajstić information content (AvgIpc) is 3.48. The van der Waals surface area contributed by atoms with Crippen molar-refractivity contribution in [2.75, 3.05) is 13.1 Å². The number of quaternary nitrogens is 1. The van der Waals surface area contributed by atoms with E-state index in [2.05, 4.69) is 5.32 Å². The standard InChI is InChI=1S/C23H33N5O4/c1-14(2)10-18(27-12-19(29)30)21(31)28(9-3-4-17-11-23(17,28)22(26)32)13-15-5-7-16(8-6-15)20(24)25/h5-8,14,17-18,27H,3-4,9-13H2,1-2H3,(H5-,24,25,26,29,30,32)/p+1/t17-,18-,23+,28?/m1/s1. The molecule has 1 saturated heterocycles. The molecule has 1 aromatic carbocycles. The number of hydrogen-bond donors (Lipinski definition) is 5. The maximum absolute atomic E-state index is 14.1. The van der Waals surface area contributed by atoms with Gasteiger partial charge in [-0.15, -0.1) is 0 Å². The van der Waals surface area contributed by atoms with E-state index in [1.165, 1.54) is 0 Å². The number of nitrogens with zero attached hydrogens (tertiary/aromatic N) is 1. The van der Waals surface area contributed by atoms with E-state index in [1.54, 1.807) is 12.1 Å². The van der Waals surface area contributed by atoms with Gasteiger partial charge in [0, 0.05) is 23.5 Å². The number of nitrogens with one attached hydrogen (secondary N) is 2. The van der Waals surface area contributed by atoms with E-state index in [0.717, 1.165) is 18.4 Å². The summed E-state index contributed by atoms with van der Waals surface area (Å²) in [6.45, 7) is 4.40. The second-order valence-corrected chi connectivity index (χ2v) is 9.59. The molecule has 32 heavy (non-hydrogen) atoms. The summed E-state index contributed by atoms with van der Waals surface area (Å²) in [7, 11) is 0. The molecule has 1 aromatic rings. The minimum atomic E-state index is -1.04. The topological polar surface area (TPSA) is 159 Å². The molecular weight excluding hydrogens is 410 g/mol. The number of carbonyl (C=O) groups excluding carboxylic acids is 2. The molecule has 1 unspecified atom stereocenters. The summed E-state index contributed by atoms with van der Waals surface area (Å²) in [4.78, 5) is 38.1. The van der Waals surface area contributed by atoms with Crippen molar-refractivity contribution in [3.05, 3.63) is 35.4 Å². The van der Waals surface area contributed by atoms with Gasteiger partial charge in [0.25, 0.3) is 5.91 Å². The molecule has 9 nitrogen and oxygen atoms in total. The number of nitrogens with two attached hydrogens (primary N) is 2. The first-order valence-electron chi connectivity index (χ1n) is 11.1. The van der Waals surface area contributed by atoms with Crippen molar-refractivity contribution in [3.63, 3.8) is 0 Å². The van der Waals surface area contributed by atoms with Gasteiger partial charge in [0.2, 0.25) is 0 Å². The van der Waals surface area contributed by atoms with Crippen LogP contribution in [-0.2, 0) is 20.9 Å². The van der Waals surface area contributed by atoms with Gasteiger partial charge >= 0.3 is 11.9 Å². The first-order valence-corrected chi connectivity index (χ1v) is 11.1. The maximum atomic E-state index is 14.1. The van der Waals surface area contributed by atoms with Crippen LogP contribution in [0.4, 0.5) is 0 Å². The summed E-state index contributed by atoms with van der Waals surface area (Å²) < 4.78 is -0.0869. The molecular formula is C23H34N5O4+. The third kappa shape index (κ3) is 4.27. The van der Waals surface area contributed by atoms with E-state index < -0.39 is 23.5 Å². The summed E-state index contributed by atoms with van der Waals surface area (Å²) >= 11 is 0. The number of amidine groups is 1. The van der Waals surface area contributed by atoms with Crippen molar-refractivity contribution in [1.29, 1.82) is 5.41 Å². The fourth-order valence-corrected chi connectivity index (χ4v) is 5.46. The van der Waals surface area contributed by atoms with Crippen LogP contribution < -0.4 is 16.8 Å². The molecule has 0 bridgehead atoms. The van der Waals surface area contributed by atoms with Crippen LogP contribution in [0, 0.1) is 17.2 Å². The van der Waals surface area contributed by atoms with Crippen molar-refractivity contribution in [1.82, 2.24) is 5.32 Å². The van der Waals surface area contributed by atoms with Crippen LogP contribution in [0.5, 0.6) is 0 Å². The van der Waals surface area contributed by atoms with Crippen LogP contribution in [0.15, 0.2) is 24.3 Å². The van der Waals surface area contributed by atoms with E-state index in [1.807, 2.05) is 26.0 Å². The highest BCUT2D eigenvalue weighted by Gasteiger charge is 2.76. The minimum Gasteiger partial charge on any atom is -0.480 e. The molecule has 1 aliphatic heterocycles. The number of carbonyl (C=O) groups is 3. The highest BCUT2D eigenvalue weighted by atomic mass is 16.4. The third-order valence-electron chi connectivity index (χ3n) is 7.00. The first-order chi connectivity index (χ1) is 15.0. The molecule has 0 spiro atoms. The highest BCUT2D eigenvalue weighted by molar-refractivity contribution is 5.95. The largest absolute Gasteiger partial charge is 0.480 e. The SMILES string of the molecule is CC(C)C[C@@H](NCC(=O)O)C(=O)[N+]1(Cc2ccc(C(=N)N)cc2)CCC[C@@H]2C[C@@]21C(N)=O. The number of piperidine rings is 1. The molecule has 0 radical (unpaired) electrons. The van der Waals surface area contributed by atoms with Crippen LogP contribution >= 0.6 is 0 Å². The zero-order chi connectivity index (χ0) is 23.7.